The average molecular weight is 225 g/mol. The zero-order valence-corrected chi connectivity index (χ0v) is 7.92. The number of nitrogens with zero attached hydrogens (tertiary/aromatic N) is 2. The summed E-state index contributed by atoms with van der Waals surface area (Å²) in [6.07, 6.45) is 0. The van der Waals surface area contributed by atoms with Crippen molar-refractivity contribution in [1.29, 1.82) is 0 Å². The summed E-state index contributed by atoms with van der Waals surface area (Å²) in [5, 5.41) is 21.3. The van der Waals surface area contributed by atoms with Crippen molar-refractivity contribution in [2.45, 2.75) is 0 Å². The number of amidine groups is 2. The van der Waals surface area contributed by atoms with Gasteiger partial charge in [0.15, 0.2) is 24.9 Å². The Bertz CT molecular complexity index is 230. The smallest absolute Gasteiger partial charge is 0.409 e. The van der Waals surface area contributed by atoms with Gasteiger partial charge in [-0.25, -0.2) is 0 Å². The molecule has 0 spiro atoms. The summed E-state index contributed by atoms with van der Waals surface area (Å²) >= 11 is 0. The van der Waals surface area contributed by atoms with Crippen LogP contribution in [0.25, 0.3) is 0 Å². The molecular weight excluding hydrogens is 215 g/mol. The van der Waals surface area contributed by atoms with Crippen molar-refractivity contribution < 1.29 is 24.0 Å². The molecule has 9 nitrogen and oxygen atoms in total. The minimum absolute atomic E-state index is 0.249. The lowest BCUT2D eigenvalue weighted by atomic mass is 10.7. The molecule has 0 atom stereocenters. The third-order valence-corrected chi connectivity index (χ3v) is 1.57. The highest BCUT2D eigenvalue weighted by Crippen LogP contribution is 2.22. The first-order chi connectivity index (χ1) is 6.60. The van der Waals surface area contributed by atoms with Gasteiger partial charge in [0.25, 0.3) is 0 Å². The number of hydrogen-bond donors (Lipinski definition) is 4. The van der Waals surface area contributed by atoms with E-state index in [1.807, 2.05) is 0 Å². The minimum Gasteiger partial charge on any atom is -0.409 e. The molecule has 0 aromatic carbocycles. The van der Waals surface area contributed by atoms with Gasteiger partial charge in [-0.2, -0.15) is 0 Å². The van der Waals surface area contributed by atoms with Gasteiger partial charge in [-0.1, -0.05) is 10.3 Å². The van der Waals surface area contributed by atoms with Crippen LogP contribution in [0.5, 0.6) is 0 Å². The summed E-state index contributed by atoms with van der Waals surface area (Å²) in [4.78, 5) is 0. The summed E-state index contributed by atoms with van der Waals surface area (Å²) in [7, 11) is -2.45. The van der Waals surface area contributed by atoms with E-state index in [4.69, 9.17) is 21.9 Å². The molecule has 14 heavy (non-hydrogen) atoms. The van der Waals surface area contributed by atoms with Crippen LogP contribution in [-0.2, 0) is 13.6 Å². The number of rotatable bonds is 6. The highest BCUT2D eigenvalue weighted by molar-refractivity contribution is 7.33. The van der Waals surface area contributed by atoms with Gasteiger partial charge in [-0.15, -0.1) is 9.05 Å². The van der Waals surface area contributed by atoms with Crippen LogP contribution in [0.3, 0.4) is 0 Å². The van der Waals surface area contributed by atoms with Crippen LogP contribution in [0, 0.1) is 0 Å². The van der Waals surface area contributed by atoms with Gasteiger partial charge in [0, 0.05) is 4.57 Å². The number of oxime groups is 2. The van der Waals surface area contributed by atoms with Crippen molar-refractivity contribution >= 4 is 19.9 Å². The van der Waals surface area contributed by atoms with Crippen LogP contribution in [-0.4, -0.2) is 35.3 Å². The average Bonchev–Trinajstić information content (AvgIpc) is 2.22. The van der Waals surface area contributed by atoms with Gasteiger partial charge < -0.3 is 21.9 Å². The molecule has 0 heterocycles. The molecule has 80 valence electrons. The third-order valence-electron chi connectivity index (χ3n) is 0.893. The number of nitrogens with two attached hydrogens (primary N) is 2. The van der Waals surface area contributed by atoms with Gasteiger partial charge in [0.05, 0.1) is 0 Å². The molecule has 0 bridgehead atoms. The van der Waals surface area contributed by atoms with Gasteiger partial charge in [-0.05, 0) is 0 Å². The van der Waals surface area contributed by atoms with Crippen molar-refractivity contribution in [3.05, 3.63) is 0 Å². The molecular formula is C4H10N4O5P+. The van der Waals surface area contributed by atoms with Crippen molar-refractivity contribution in [2.24, 2.45) is 21.8 Å². The predicted molar refractivity (Wildman–Crippen MR) is 46.3 cm³/mol. The Morgan fingerprint density at radius 3 is 1.79 bits per heavy atom. The maximum absolute atomic E-state index is 10.8. The molecule has 6 N–H and O–H groups in total. The van der Waals surface area contributed by atoms with Gasteiger partial charge in [-0.3, -0.25) is 0 Å². The second-order valence-corrected chi connectivity index (χ2v) is 2.92. The van der Waals surface area contributed by atoms with Gasteiger partial charge in [0.2, 0.25) is 0 Å². The zero-order valence-electron chi connectivity index (χ0n) is 7.03. The standard InChI is InChI=1S/C4H9N4O5P/c5-3(7-9)1-12-14(11)13-2-4(6)8-10/h1-2H2,(H5-,5,6,7,8,9,10)/p+1. The fraction of sp³-hybridized carbons (Fsp3) is 0.500. The maximum atomic E-state index is 10.8. The Labute approximate surface area is 79.9 Å². The van der Waals surface area contributed by atoms with Crippen LogP contribution in [0.1, 0.15) is 0 Å². The predicted octanol–water partition coefficient (Wildman–Crippen LogP) is -0.830. The molecule has 0 unspecified atom stereocenters. The van der Waals surface area contributed by atoms with E-state index in [0.717, 1.165) is 0 Å². The first kappa shape index (κ1) is 12.6. The van der Waals surface area contributed by atoms with Gasteiger partial charge in [0.1, 0.15) is 0 Å². The van der Waals surface area contributed by atoms with Crippen LogP contribution in [0.2, 0.25) is 0 Å². The second kappa shape index (κ2) is 7.01. The quantitative estimate of drug-likeness (QED) is 0.151. The molecule has 0 saturated carbocycles. The summed E-state index contributed by atoms with van der Waals surface area (Å²) in [5.41, 5.74) is 10.0. The first-order valence-corrected chi connectivity index (χ1v) is 4.35. The summed E-state index contributed by atoms with van der Waals surface area (Å²) in [5.74, 6) is -0.499. The van der Waals surface area contributed by atoms with E-state index in [1.54, 1.807) is 0 Å². The lowest BCUT2D eigenvalue weighted by Gasteiger charge is -1.90. The topological polar surface area (TPSA) is 153 Å². The Morgan fingerprint density at radius 2 is 1.50 bits per heavy atom. The van der Waals surface area contributed by atoms with E-state index in [2.05, 4.69) is 19.4 Å². The largest absolute Gasteiger partial charge is 0.698 e. The van der Waals surface area contributed by atoms with Crippen molar-refractivity contribution in [3.8, 4) is 0 Å². The van der Waals surface area contributed by atoms with Crippen LogP contribution >= 0.6 is 8.25 Å². The van der Waals surface area contributed by atoms with Crippen LogP contribution < -0.4 is 11.5 Å². The molecule has 0 fully saturated rings. The highest BCUT2D eigenvalue weighted by atomic mass is 31.1. The molecule has 0 aromatic rings. The Kier molecular flexibility index (Phi) is 6.29. The molecule has 0 amide bonds. The van der Waals surface area contributed by atoms with Crippen molar-refractivity contribution in [1.82, 2.24) is 0 Å². The van der Waals surface area contributed by atoms with E-state index in [1.165, 1.54) is 0 Å². The lowest BCUT2D eigenvalue weighted by Crippen LogP contribution is -2.19. The molecule has 0 saturated heterocycles. The molecule has 0 aliphatic heterocycles. The molecule has 0 aliphatic rings. The van der Waals surface area contributed by atoms with E-state index in [0.29, 0.717) is 0 Å². The molecule has 0 radical (unpaired) electrons. The van der Waals surface area contributed by atoms with E-state index in [9.17, 15) is 4.57 Å². The fourth-order valence-corrected chi connectivity index (χ4v) is 0.883. The first-order valence-electron chi connectivity index (χ1n) is 3.26. The van der Waals surface area contributed by atoms with Crippen LogP contribution in [0.15, 0.2) is 10.3 Å². The van der Waals surface area contributed by atoms with E-state index in [-0.39, 0.29) is 24.9 Å². The molecule has 0 aromatic heterocycles. The number of hydrogen-bond acceptors (Lipinski definition) is 7. The third kappa shape index (κ3) is 6.12. The monoisotopic (exact) mass is 225 g/mol. The Balaban J connectivity index is 3.67. The normalized spacial score (nSPS) is 14.1. The lowest BCUT2D eigenvalue weighted by molar-refractivity contribution is 0.260. The maximum Gasteiger partial charge on any atom is 0.698 e. The zero-order chi connectivity index (χ0) is 11.0. The summed E-state index contributed by atoms with van der Waals surface area (Å²) < 4.78 is 19.7. The van der Waals surface area contributed by atoms with E-state index >= 15 is 0 Å². The van der Waals surface area contributed by atoms with Gasteiger partial charge >= 0.3 is 8.25 Å². The Morgan fingerprint density at radius 1 is 1.14 bits per heavy atom. The van der Waals surface area contributed by atoms with Crippen LogP contribution in [0.4, 0.5) is 0 Å². The van der Waals surface area contributed by atoms with Crippen molar-refractivity contribution in [2.75, 3.05) is 13.2 Å². The molecule has 10 heteroatoms. The minimum atomic E-state index is -2.45. The second-order valence-electron chi connectivity index (χ2n) is 1.95. The fourth-order valence-electron chi connectivity index (χ4n) is 0.333. The molecule has 0 rings (SSSR count). The van der Waals surface area contributed by atoms with E-state index < -0.39 is 8.25 Å². The SMILES string of the molecule is NC(CO[P+](=O)OCC(N)=NO)=NO. The molecule has 0 aliphatic carbocycles. The van der Waals surface area contributed by atoms with Crippen molar-refractivity contribution in [3.63, 3.8) is 0 Å². The Hall–Kier alpha value is -1.44. The highest BCUT2D eigenvalue weighted by Gasteiger charge is 2.21. The summed E-state index contributed by atoms with van der Waals surface area (Å²) in [6.45, 7) is -0.691. The summed E-state index contributed by atoms with van der Waals surface area (Å²) in [6, 6.07) is 0.